The van der Waals surface area contributed by atoms with E-state index in [4.69, 9.17) is 21.1 Å². The number of amides is 1. The number of rotatable bonds is 10. The maximum Gasteiger partial charge on any atom is 0.416 e. The molecule has 1 heterocycles. The molecule has 0 fully saturated rings. The first-order chi connectivity index (χ1) is 19.2. The van der Waals surface area contributed by atoms with E-state index >= 15 is 0 Å². The molecule has 0 aliphatic heterocycles. The summed E-state index contributed by atoms with van der Waals surface area (Å²) in [5, 5.41) is 23.8. The number of carboxylic acid groups (broad SMARTS) is 1. The third-order valence-electron chi connectivity index (χ3n) is 5.56. The standard InChI is InChI=1S/C27H27ClF2N4O7/c1-27(2,3)41-26(37)33(24-22(34(38)39)9-10-23(32-24)40-4)11-5-6-15-12-16(29)7-8-20(15)31-21-14-18(28)19(30)13-17(21)25(35)36/h7-10,12-14,31H,5-6,11H2,1-4H3,(H,35,36). The zero-order valence-electron chi connectivity index (χ0n) is 22.5. The summed E-state index contributed by atoms with van der Waals surface area (Å²) < 4.78 is 38.7. The number of carbonyl (C=O) groups is 2. The molecule has 3 aromatic rings. The van der Waals surface area contributed by atoms with Gasteiger partial charge < -0.3 is 19.9 Å². The van der Waals surface area contributed by atoms with Gasteiger partial charge in [0.2, 0.25) is 11.7 Å². The van der Waals surface area contributed by atoms with Gasteiger partial charge in [0.15, 0.2) is 0 Å². The summed E-state index contributed by atoms with van der Waals surface area (Å²) >= 11 is 5.85. The Morgan fingerprint density at radius 2 is 1.85 bits per heavy atom. The summed E-state index contributed by atoms with van der Waals surface area (Å²) in [6.45, 7) is 4.77. The number of nitrogens with one attached hydrogen (secondary N) is 1. The van der Waals surface area contributed by atoms with Crippen LogP contribution in [0.15, 0.2) is 42.5 Å². The van der Waals surface area contributed by atoms with Crippen molar-refractivity contribution in [1.29, 1.82) is 0 Å². The Morgan fingerprint density at radius 3 is 2.46 bits per heavy atom. The molecule has 0 atom stereocenters. The number of carbonyl (C=O) groups excluding carboxylic acids is 1. The van der Waals surface area contributed by atoms with Crippen molar-refractivity contribution >= 4 is 46.5 Å². The molecule has 41 heavy (non-hydrogen) atoms. The summed E-state index contributed by atoms with van der Waals surface area (Å²) in [5.41, 5.74) is -1.14. The number of nitro groups is 1. The highest BCUT2D eigenvalue weighted by molar-refractivity contribution is 6.31. The van der Waals surface area contributed by atoms with Crippen LogP contribution in [0.4, 0.5) is 36.5 Å². The van der Waals surface area contributed by atoms with E-state index in [-0.39, 0.29) is 41.8 Å². The Hall–Kier alpha value is -4.52. The molecule has 3 rings (SSSR count). The van der Waals surface area contributed by atoms with Gasteiger partial charge in [0.05, 0.1) is 28.3 Å². The number of hydrogen-bond acceptors (Lipinski definition) is 8. The van der Waals surface area contributed by atoms with E-state index < -0.39 is 45.5 Å². The van der Waals surface area contributed by atoms with Crippen LogP contribution in [0.25, 0.3) is 0 Å². The van der Waals surface area contributed by atoms with Crippen molar-refractivity contribution in [3.63, 3.8) is 0 Å². The maximum atomic E-state index is 14.2. The molecule has 0 radical (unpaired) electrons. The van der Waals surface area contributed by atoms with Gasteiger partial charge in [-0.2, -0.15) is 4.98 Å². The zero-order valence-corrected chi connectivity index (χ0v) is 23.3. The fourth-order valence-electron chi connectivity index (χ4n) is 3.77. The summed E-state index contributed by atoms with van der Waals surface area (Å²) in [6, 6.07) is 8.03. The van der Waals surface area contributed by atoms with Crippen LogP contribution in [-0.4, -0.2) is 46.3 Å². The number of methoxy groups -OCH3 is 1. The SMILES string of the molecule is COc1ccc([N+](=O)[O-])c(N(CCCc2cc(F)ccc2Nc2cc(Cl)c(F)cc2C(=O)O)C(=O)OC(C)(C)C)n1. The minimum Gasteiger partial charge on any atom is -0.481 e. The lowest BCUT2D eigenvalue weighted by atomic mass is 10.1. The predicted molar refractivity (Wildman–Crippen MR) is 147 cm³/mol. The van der Waals surface area contributed by atoms with Crippen LogP contribution in [0.2, 0.25) is 5.02 Å². The normalized spacial score (nSPS) is 11.1. The van der Waals surface area contributed by atoms with Crippen LogP contribution in [-0.2, 0) is 11.2 Å². The van der Waals surface area contributed by atoms with Crippen molar-refractivity contribution in [2.24, 2.45) is 0 Å². The van der Waals surface area contributed by atoms with E-state index in [1.165, 1.54) is 25.3 Å². The Labute approximate surface area is 238 Å². The molecular formula is C27H27ClF2N4O7. The van der Waals surface area contributed by atoms with Crippen molar-refractivity contribution in [3.05, 3.63) is 80.4 Å². The molecule has 2 aromatic carbocycles. The van der Waals surface area contributed by atoms with E-state index in [0.717, 1.165) is 29.2 Å². The lowest BCUT2D eigenvalue weighted by Crippen LogP contribution is -2.38. The van der Waals surface area contributed by atoms with Crippen molar-refractivity contribution in [2.45, 2.75) is 39.2 Å². The minimum absolute atomic E-state index is 0.0247. The highest BCUT2D eigenvalue weighted by Crippen LogP contribution is 2.32. The third-order valence-corrected chi connectivity index (χ3v) is 5.85. The predicted octanol–water partition coefficient (Wildman–Crippen LogP) is 6.75. The van der Waals surface area contributed by atoms with Gasteiger partial charge in [-0.15, -0.1) is 0 Å². The van der Waals surface area contributed by atoms with Gasteiger partial charge in [-0.25, -0.2) is 18.4 Å². The summed E-state index contributed by atoms with van der Waals surface area (Å²) in [7, 11) is 1.32. The van der Waals surface area contributed by atoms with E-state index in [0.29, 0.717) is 11.3 Å². The Balaban J connectivity index is 1.94. The second-order valence-electron chi connectivity index (χ2n) is 9.73. The Bertz CT molecular complexity index is 1480. The summed E-state index contributed by atoms with van der Waals surface area (Å²) in [4.78, 5) is 40.9. The average molecular weight is 593 g/mol. The Kier molecular flexibility index (Phi) is 9.66. The number of ether oxygens (including phenoxy) is 2. The van der Waals surface area contributed by atoms with Crippen molar-refractivity contribution in [2.75, 3.05) is 23.9 Å². The smallest absolute Gasteiger partial charge is 0.416 e. The molecule has 0 saturated carbocycles. The monoisotopic (exact) mass is 592 g/mol. The molecule has 1 aromatic heterocycles. The average Bonchev–Trinajstić information content (AvgIpc) is 2.88. The number of nitrogens with zero attached hydrogens (tertiary/aromatic N) is 3. The van der Waals surface area contributed by atoms with Crippen LogP contribution < -0.4 is 15.0 Å². The molecule has 11 nitrogen and oxygen atoms in total. The number of hydrogen-bond donors (Lipinski definition) is 2. The van der Waals surface area contributed by atoms with Crippen molar-refractivity contribution in [1.82, 2.24) is 4.98 Å². The molecule has 0 bridgehead atoms. The molecule has 1 amide bonds. The number of halogens is 3. The third kappa shape index (κ3) is 8.01. The second kappa shape index (κ2) is 12.8. The number of pyridine rings is 1. The highest BCUT2D eigenvalue weighted by Gasteiger charge is 2.30. The molecule has 0 aliphatic carbocycles. The molecule has 2 N–H and O–H groups in total. The molecule has 0 spiro atoms. The van der Waals surface area contributed by atoms with Crippen LogP contribution in [0, 0.1) is 21.7 Å². The topological polar surface area (TPSA) is 144 Å². The second-order valence-corrected chi connectivity index (χ2v) is 10.1. The van der Waals surface area contributed by atoms with Crippen molar-refractivity contribution in [3.8, 4) is 5.88 Å². The van der Waals surface area contributed by atoms with Gasteiger partial charge in [-0.3, -0.25) is 15.0 Å². The van der Waals surface area contributed by atoms with Crippen LogP contribution in [0.3, 0.4) is 0 Å². The first-order valence-corrected chi connectivity index (χ1v) is 12.6. The number of carboxylic acids is 1. The number of aromatic carboxylic acids is 1. The molecule has 0 saturated heterocycles. The Morgan fingerprint density at radius 1 is 1.15 bits per heavy atom. The van der Waals surface area contributed by atoms with Gasteiger partial charge in [0.25, 0.3) is 0 Å². The van der Waals surface area contributed by atoms with Crippen LogP contribution in [0.1, 0.15) is 43.1 Å². The van der Waals surface area contributed by atoms with Gasteiger partial charge in [0, 0.05) is 24.4 Å². The van der Waals surface area contributed by atoms with Gasteiger partial charge in [0.1, 0.15) is 17.2 Å². The first kappa shape index (κ1) is 31.0. The fraction of sp³-hybridized carbons (Fsp3) is 0.296. The van der Waals surface area contributed by atoms with Gasteiger partial charge in [-0.1, -0.05) is 11.6 Å². The summed E-state index contributed by atoms with van der Waals surface area (Å²) in [6.07, 6.45) is -0.635. The minimum atomic E-state index is -1.41. The fourth-order valence-corrected chi connectivity index (χ4v) is 3.93. The van der Waals surface area contributed by atoms with Gasteiger partial charge >= 0.3 is 17.7 Å². The van der Waals surface area contributed by atoms with Crippen LogP contribution >= 0.6 is 11.6 Å². The van der Waals surface area contributed by atoms with E-state index in [1.807, 2.05) is 0 Å². The summed E-state index contributed by atoms with van der Waals surface area (Å²) in [5.74, 6) is -3.19. The highest BCUT2D eigenvalue weighted by atomic mass is 35.5. The quantitative estimate of drug-likeness (QED) is 0.193. The number of benzene rings is 2. The van der Waals surface area contributed by atoms with E-state index in [2.05, 4.69) is 10.3 Å². The molecule has 218 valence electrons. The van der Waals surface area contributed by atoms with E-state index in [9.17, 15) is 33.6 Å². The molecule has 14 heteroatoms. The largest absolute Gasteiger partial charge is 0.481 e. The lowest BCUT2D eigenvalue weighted by Gasteiger charge is -2.27. The van der Waals surface area contributed by atoms with E-state index in [1.54, 1.807) is 20.8 Å². The lowest BCUT2D eigenvalue weighted by molar-refractivity contribution is -0.384. The number of aromatic nitrogens is 1. The van der Waals surface area contributed by atoms with Crippen molar-refractivity contribution < 1.29 is 37.9 Å². The molecule has 0 unspecified atom stereocenters. The maximum absolute atomic E-state index is 14.2. The van der Waals surface area contributed by atoms with Gasteiger partial charge in [-0.05, 0) is 69.5 Å². The zero-order chi connectivity index (χ0) is 30.5. The first-order valence-electron chi connectivity index (χ1n) is 12.2. The number of anilines is 3. The number of aryl methyl sites for hydroxylation is 1. The molecular weight excluding hydrogens is 566 g/mol. The molecule has 0 aliphatic rings. The van der Waals surface area contributed by atoms with Crippen LogP contribution in [0.5, 0.6) is 5.88 Å².